The van der Waals surface area contributed by atoms with Gasteiger partial charge in [-0.15, -0.1) is 0 Å². The normalized spacial score (nSPS) is 25.9. The fourth-order valence-electron chi connectivity index (χ4n) is 2.05. The summed E-state index contributed by atoms with van der Waals surface area (Å²) >= 11 is 0. The molecule has 0 aromatic carbocycles. The minimum Gasteiger partial charge on any atom is -0.378 e. The Morgan fingerprint density at radius 3 is 2.31 bits per heavy atom. The minimum atomic E-state index is -0.295. The van der Waals surface area contributed by atoms with Gasteiger partial charge in [-0.05, 0) is 39.5 Å². The molecule has 0 aromatic rings. The van der Waals surface area contributed by atoms with E-state index in [1.807, 2.05) is 0 Å². The maximum Gasteiger partial charge on any atom is 0.219 e. The molecule has 1 aliphatic rings. The summed E-state index contributed by atoms with van der Waals surface area (Å²) in [7, 11) is 0. The van der Waals surface area contributed by atoms with Crippen LogP contribution in [0.5, 0.6) is 0 Å². The fourth-order valence-corrected chi connectivity index (χ4v) is 2.05. The van der Waals surface area contributed by atoms with Crippen molar-refractivity contribution in [2.24, 2.45) is 5.73 Å². The third kappa shape index (κ3) is 5.47. The molecule has 0 saturated heterocycles. The van der Waals surface area contributed by atoms with Crippen LogP contribution >= 0.6 is 0 Å². The molecule has 0 aliphatic heterocycles. The van der Waals surface area contributed by atoms with Crippen LogP contribution in [0.4, 0.5) is 0 Å². The number of hydrogen-bond acceptors (Lipinski definition) is 3. The molecule has 1 aliphatic carbocycles. The Labute approximate surface area is 97.5 Å². The highest BCUT2D eigenvalue weighted by atomic mass is 16.5. The molecular weight excluding hydrogens is 206 g/mol. The first-order valence-corrected chi connectivity index (χ1v) is 6.13. The van der Waals surface area contributed by atoms with E-state index >= 15 is 0 Å². The number of rotatable bonds is 6. The van der Waals surface area contributed by atoms with Crippen molar-refractivity contribution in [1.29, 1.82) is 0 Å². The van der Waals surface area contributed by atoms with Gasteiger partial charge in [-0.25, -0.2) is 0 Å². The zero-order valence-electron chi connectivity index (χ0n) is 10.3. The van der Waals surface area contributed by atoms with Crippen molar-refractivity contribution in [2.45, 2.75) is 64.3 Å². The molecule has 0 atom stereocenters. The second-order valence-electron chi connectivity index (χ2n) is 4.67. The molecule has 0 unspecified atom stereocenters. The first kappa shape index (κ1) is 13.5. The van der Waals surface area contributed by atoms with Crippen molar-refractivity contribution in [3.8, 4) is 0 Å². The molecule has 16 heavy (non-hydrogen) atoms. The van der Waals surface area contributed by atoms with Gasteiger partial charge in [0.25, 0.3) is 0 Å². The number of ether oxygens (including phenoxy) is 2. The van der Waals surface area contributed by atoms with E-state index in [-0.39, 0.29) is 12.0 Å². The molecular formula is C12H23NO3. The second-order valence-corrected chi connectivity index (χ2v) is 4.67. The summed E-state index contributed by atoms with van der Waals surface area (Å²) in [5.41, 5.74) is 5.05. The van der Waals surface area contributed by atoms with E-state index in [0.717, 1.165) is 25.7 Å². The van der Waals surface area contributed by atoms with Crippen molar-refractivity contribution >= 4 is 5.91 Å². The molecule has 2 N–H and O–H groups in total. The summed E-state index contributed by atoms with van der Waals surface area (Å²) in [5.74, 6) is -0.295. The molecule has 94 valence electrons. The topological polar surface area (TPSA) is 61.6 Å². The maximum atomic E-state index is 10.5. The number of primary amides is 1. The molecule has 0 bridgehead atoms. The molecule has 1 saturated carbocycles. The molecule has 1 amide bonds. The number of carbonyl (C=O) groups excluding carboxylic acids is 1. The van der Waals surface area contributed by atoms with Gasteiger partial charge >= 0.3 is 0 Å². The van der Waals surface area contributed by atoms with Crippen LogP contribution in [0.2, 0.25) is 0 Å². The molecule has 4 nitrogen and oxygen atoms in total. The van der Waals surface area contributed by atoms with E-state index in [4.69, 9.17) is 15.2 Å². The summed E-state index contributed by atoms with van der Waals surface area (Å²) < 4.78 is 11.3. The minimum absolute atomic E-state index is 0.284. The number of hydrogen-bond donors (Lipinski definition) is 1. The Hall–Kier alpha value is -0.610. The van der Waals surface area contributed by atoms with E-state index in [0.29, 0.717) is 25.2 Å². The summed E-state index contributed by atoms with van der Waals surface area (Å²) in [6.45, 7) is 4.58. The number of amides is 1. The van der Waals surface area contributed by atoms with Gasteiger partial charge in [-0.2, -0.15) is 0 Å². The van der Waals surface area contributed by atoms with Crippen LogP contribution in [-0.4, -0.2) is 30.8 Å². The first-order chi connectivity index (χ1) is 7.58. The smallest absolute Gasteiger partial charge is 0.219 e. The molecule has 0 spiro atoms. The maximum absolute atomic E-state index is 10.5. The monoisotopic (exact) mass is 229 g/mol. The van der Waals surface area contributed by atoms with E-state index < -0.39 is 0 Å². The second kappa shape index (κ2) is 6.86. The van der Waals surface area contributed by atoms with E-state index in [1.54, 1.807) is 0 Å². The highest BCUT2D eigenvalue weighted by Crippen LogP contribution is 2.24. The Kier molecular flexibility index (Phi) is 5.77. The lowest BCUT2D eigenvalue weighted by atomic mass is 9.95. The lowest BCUT2D eigenvalue weighted by Gasteiger charge is -2.29. The summed E-state index contributed by atoms with van der Waals surface area (Å²) in [6.07, 6.45) is 5.45. The van der Waals surface area contributed by atoms with Gasteiger partial charge < -0.3 is 15.2 Å². The number of nitrogens with two attached hydrogens (primary N) is 1. The standard InChI is InChI=1S/C12H23NO3/c1-9(2)16-11-5-3-10(4-6-11)15-8-7-12(13)14/h9-11H,3-8H2,1-2H3,(H2,13,14). The van der Waals surface area contributed by atoms with Crippen molar-refractivity contribution in [2.75, 3.05) is 6.61 Å². The van der Waals surface area contributed by atoms with Gasteiger partial charge in [0, 0.05) is 6.42 Å². The SMILES string of the molecule is CC(C)OC1CCC(OCCC(N)=O)CC1. The van der Waals surface area contributed by atoms with Crippen molar-refractivity contribution < 1.29 is 14.3 Å². The zero-order valence-corrected chi connectivity index (χ0v) is 10.3. The van der Waals surface area contributed by atoms with Gasteiger partial charge in [-0.1, -0.05) is 0 Å². The quantitative estimate of drug-likeness (QED) is 0.752. The van der Waals surface area contributed by atoms with Gasteiger partial charge in [-0.3, -0.25) is 4.79 Å². The first-order valence-electron chi connectivity index (χ1n) is 6.13. The summed E-state index contributed by atoms with van der Waals surface area (Å²) in [4.78, 5) is 10.5. The zero-order chi connectivity index (χ0) is 12.0. The van der Waals surface area contributed by atoms with E-state index in [1.165, 1.54) is 0 Å². The van der Waals surface area contributed by atoms with Crippen LogP contribution in [0.1, 0.15) is 46.0 Å². The van der Waals surface area contributed by atoms with Gasteiger partial charge in [0.2, 0.25) is 5.91 Å². The van der Waals surface area contributed by atoms with Crippen LogP contribution in [0.25, 0.3) is 0 Å². The fraction of sp³-hybridized carbons (Fsp3) is 0.917. The third-order valence-corrected chi connectivity index (χ3v) is 2.79. The van der Waals surface area contributed by atoms with Crippen LogP contribution in [0.15, 0.2) is 0 Å². The van der Waals surface area contributed by atoms with E-state index in [9.17, 15) is 4.79 Å². The molecule has 0 heterocycles. The highest BCUT2D eigenvalue weighted by Gasteiger charge is 2.22. The van der Waals surface area contributed by atoms with Crippen LogP contribution in [0.3, 0.4) is 0 Å². The van der Waals surface area contributed by atoms with Crippen molar-refractivity contribution in [1.82, 2.24) is 0 Å². The highest BCUT2D eigenvalue weighted by molar-refractivity contribution is 5.73. The lowest BCUT2D eigenvalue weighted by Crippen LogP contribution is -2.29. The molecule has 4 heteroatoms. The Morgan fingerprint density at radius 2 is 1.81 bits per heavy atom. The molecule has 0 radical (unpaired) electrons. The largest absolute Gasteiger partial charge is 0.378 e. The number of carbonyl (C=O) groups is 1. The van der Waals surface area contributed by atoms with Crippen LogP contribution in [-0.2, 0) is 14.3 Å². The third-order valence-electron chi connectivity index (χ3n) is 2.79. The van der Waals surface area contributed by atoms with Gasteiger partial charge in [0.05, 0.1) is 24.9 Å². The summed E-state index contributed by atoms with van der Waals surface area (Å²) in [6, 6.07) is 0. The van der Waals surface area contributed by atoms with Crippen LogP contribution < -0.4 is 5.73 Å². The van der Waals surface area contributed by atoms with Crippen molar-refractivity contribution in [3.63, 3.8) is 0 Å². The predicted octanol–water partition coefficient (Wildman–Crippen LogP) is 1.61. The lowest BCUT2D eigenvalue weighted by molar-refractivity contribution is -0.120. The molecule has 1 rings (SSSR count). The predicted molar refractivity (Wildman–Crippen MR) is 62.0 cm³/mol. The Morgan fingerprint density at radius 1 is 1.25 bits per heavy atom. The Balaban J connectivity index is 2.09. The van der Waals surface area contributed by atoms with Gasteiger partial charge in [0.15, 0.2) is 0 Å². The average Bonchev–Trinajstić information content (AvgIpc) is 2.19. The average molecular weight is 229 g/mol. The molecule has 0 aromatic heterocycles. The van der Waals surface area contributed by atoms with Crippen LogP contribution in [0, 0.1) is 0 Å². The Bertz CT molecular complexity index is 210. The van der Waals surface area contributed by atoms with Gasteiger partial charge in [0.1, 0.15) is 0 Å². The molecule has 1 fully saturated rings. The van der Waals surface area contributed by atoms with E-state index in [2.05, 4.69) is 13.8 Å². The summed E-state index contributed by atoms with van der Waals surface area (Å²) in [5, 5.41) is 0. The van der Waals surface area contributed by atoms with Crippen molar-refractivity contribution in [3.05, 3.63) is 0 Å².